The summed E-state index contributed by atoms with van der Waals surface area (Å²) < 4.78 is 4.62. The molecule has 6 nitrogen and oxygen atoms in total. The molecule has 108 valence electrons. The van der Waals surface area contributed by atoms with E-state index in [-0.39, 0.29) is 23.8 Å². The van der Waals surface area contributed by atoms with Crippen LogP contribution in [0.1, 0.15) is 20.8 Å². The number of thioether (sulfide) groups is 1. The number of urea groups is 1. The van der Waals surface area contributed by atoms with E-state index in [1.54, 1.807) is 20.8 Å². The first-order chi connectivity index (χ1) is 8.79. The van der Waals surface area contributed by atoms with Gasteiger partial charge in [0.05, 0.1) is 13.0 Å². The van der Waals surface area contributed by atoms with Gasteiger partial charge in [0.2, 0.25) is 0 Å². The molecule has 1 N–H and O–H groups in total. The Kier molecular flexibility index (Phi) is 5.22. The lowest BCUT2D eigenvalue weighted by Crippen LogP contribution is -2.40. The molecule has 0 spiro atoms. The van der Waals surface area contributed by atoms with E-state index in [0.29, 0.717) is 18.1 Å². The lowest BCUT2D eigenvalue weighted by atomic mass is 10.1. The molecule has 1 fully saturated rings. The number of carbonyl (C=O) groups is 3. The van der Waals surface area contributed by atoms with Crippen LogP contribution >= 0.6 is 11.8 Å². The van der Waals surface area contributed by atoms with Crippen molar-refractivity contribution in [1.29, 1.82) is 0 Å². The molecule has 0 aromatic carbocycles. The van der Waals surface area contributed by atoms with Crippen molar-refractivity contribution in [2.45, 2.75) is 26.3 Å². The highest BCUT2D eigenvalue weighted by molar-refractivity contribution is 7.99. The first-order valence-electron chi connectivity index (χ1n) is 6.09. The molecule has 1 unspecified atom stereocenters. The minimum absolute atomic E-state index is 0.186. The number of imide groups is 1. The third-order valence-corrected chi connectivity index (χ3v) is 4.08. The Morgan fingerprint density at radius 2 is 2.11 bits per heavy atom. The van der Waals surface area contributed by atoms with Gasteiger partial charge >= 0.3 is 12.0 Å². The van der Waals surface area contributed by atoms with Crippen LogP contribution in [-0.4, -0.2) is 53.5 Å². The van der Waals surface area contributed by atoms with Crippen LogP contribution in [0.5, 0.6) is 0 Å². The first kappa shape index (κ1) is 15.8. The van der Waals surface area contributed by atoms with Crippen molar-refractivity contribution in [3.63, 3.8) is 0 Å². The maximum atomic E-state index is 11.9. The highest BCUT2D eigenvalue weighted by Gasteiger charge is 2.43. The van der Waals surface area contributed by atoms with Gasteiger partial charge in [0.15, 0.2) is 0 Å². The van der Waals surface area contributed by atoms with Gasteiger partial charge in [-0.15, -0.1) is 0 Å². The van der Waals surface area contributed by atoms with Gasteiger partial charge in [-0.1, -0.05) is 6.92 Å². The minimum Gasteiger partial charge on any atom is -0.469 e. The predicted molar refractivity (Wildman–Crippen MR) is 72.8 cm³/mol. The molecule has 1 rings (SSSR count). The summed E-state index contributed by atoms with van der Waals surface area (Å²) in [6, 6.07) is -0.350. The van der Waals surface area contributed by atoms with Crippen molar-refractivity contribution < 1.29 is 19.1 Å². The van der Waals surface area contributed by atoms with Crippen LogP contribution in [0.2, 0.25) is 0 Å². The van der Waals surface area contributed by atoms with Gasteiger partial charge in [0, 0.05) is 18.1 Å². The van der Waals surface area contributed by atoms with Crippen LogP contribution in [-0.2, 0) is 14.3 Å². The van der Waals surface area contributed by atoms with E-state index in [2.05, 4.69) is 10.1 Å². The molecule has 1 saturated heterocycles. The van der Waals surface area contributed by atoms with E-state index in [1.165, 1.54) is 23.8 Å². The quantitative estimate of drug-likeness (QED) is 0.446. The summed E-state index contributed by atoms with van der Waals surface area (Å²) >= 11 is 1.52. The molecular formula is C12H20N2O4S. The molecule has 19 heavy (non-hydrogen) atoms. The van der Waals surface area contributed by atoms with Gasteiger partial charge < -0.3 is 10.1 Å². The Balaban J connectivity index is 2.33. The van der Waals surface area contributed by atoms with Gasteiger partial charge in [0.25, 0.3) is 5.91 Å². The number of nitrogens with zero attached hydrogens (tertiary/aromatic N) is 1. The molecule has 3 amide bonds. The molecule has 0 radical (unpaired) electrons. The zero-order chi connectivity index (χ0) is 14.6. The van der Waals surface area contributed by atoms with Gasteiger partial charge in [0.1, 0.15) is 5.54 Å². The summed E-state index contributed by atoms with van der Waals surface area (Å²) in [4.78, 5) is 35.9. The van der Waals surface area contributed by atoms with Crippen molar-refractivity contribution in [2.75, 3.05) is 25.2 Å². The number of carbonyl (C=O) groups excluding carboxylic acids is 3. The summed E-state index contributed by atoms with van der Waals surface area (Å²) in [5.74, 6) is 0.577. The lowest BCUT2D eigenvalue weighted by Gasteiger charge is -2.16. The Bertz CT molecular complexity index is 384. The summed E-state index contributed by atoms with van der Waals surface area (Å²) in [6.45, 7) is 5.50. The number of esters is 1. The second-order valence-electron chi connectivity index (χ2n) is 5.01. The number of rotatable bonds is 6. The van der Waals surface area contributed by atoms with Crippen molar-refractivity contribution >= 4 is 29.7 Å². The summed E-state index contributed by atoms with van der Waals surface area (Å²) in [7, 11) is 1.36. The molecule has 1 aliphatic rings. The van der Waals surface area contributed by atoms with E-state index in [1.807, 2.05) is 0 Å². The van der Waals surface area contributed by atoms with Crippen LogP contribution in [0.25, 0.3) is 0 Å². The van der Waals surface area contributed by atoms with Crippen LogP contribution < -0.4 is 5.32 Å². The maximum Gasteiger partial charge on any atom is 0.325 e. The number of hydrogen-bond donors (Lipinski definition) is 1. The molecule has 0 saturated carbocycles. The molecule has 1 atom stereocenters. The van der Waals surface area contributed by atoms with E-state index < -0.39 is 5.54 Å². The zero-order valence-corrected chi connectivity index (χ0v) is 12.5. The number of amides is 3. The average molecular weight is 288 g/mol. The van der Waals surface area contributed by atoms with E-state index in [4.69, 9.17) is 0 Å². The van der Waals surface area contributed by atoms with E-state index in [0.717, 1.165) is 0 Å². The molecule has 0 aromatic rings. The van der Waals surface area contributed by atoms with E-state index in [9.17, 15) is 14.4 Å². The number of methoxy groups -OCH3 is 1. The summed E-state index contributed by atoms with van der Waals surface area (Å²) in [6.07, 6.45) is 0. The molecule has 1 heterocycles. The number of nitrogens with one attached hydrogen (secondary N) is 1. The van der Waals surface area contributed by atoms with Gasteiger partial charge in [-0.2, -0.15) is 11.8 Å². The van der Waals surface area contributed by atoms with Gasteiger partial charge in [-0.25, -0.2) is 4.79 Å². The van der Waals surface area contributed by atoms with Crippen LogP contribution in [0, 0.1) is 5.92 Å². The van der Waals surface area contributed by atoms with Crippen molar-refractivity contribution in [3.05, 3.63) is 0 Å². The van der Waals surface area contributed by atoms with Crippen molar-refractivity contribution in [1.82, 2.24) is 10.2 Å². The Hall–Kier alpha value is -1.24. The Morgan fingerprint density at radius 1 is 1.47 bits per heavy atom. The van der Waals surface area contributed by atoms with E-state index >= 15 is 0 Å². The van der Waals surface area contributed by atoms with Crippen molar-refractivity contribution in [3.8, 4) is 0 Å². The fourth-order valence-electron chi connectivity index (χ4n) is 1.71. The summed E-state index contributed by atoms with van der Waals surface area (Å²) in [5.41, 5.74) is -0.818. The Labute approximate surface area is 117 Å². The normalized spacial score (nSPS) is 19.3. The average Bonchev–Trinajstić information content (AvgIpc) is 2.54. The maximum absolute atomic E-state index is 11.9. The monoisotopic (exact) mass is 288 g/mol. The number of ether oxygens (including phenoxy) is 1. The third kappa shape index (κ3) is 3.86. The lowest BCUT2D eigenvalue weighted by molar-refractivity contribution is -0.144. The van der Waals surface area contributed by atoms with Crippen LogP contribution in [0.3, 0.4) is 0 Å². The smallest absolute Gasteiger partial charge is 0.325 e. The standard InChI is InChI=1S/C12H20N2O4S/c1-8(9(15)18-4)7-19-6-5-14-10(16)12(2,3)13-11(14)17/h8H,5-7H2,1-4H3,(H,13,17). The molecule has 0 bridgehead atoms. The zero-order valence-electron chi connectivity index (χ0n) is 11.7. The van der Waals surface area contributed by atoms with Gasteiger partial charge in [-0.3, -0.25) is 14.5 Å². The molecule has 0 aliphatic carbocycles. The number of hydrogen-bond acceptors (Lipinski definition) is 5. The summed E-state index contributed by atoms with van der Waals surface area (Å²) in [5, 5.41) is 2.62. The van der Waals surface area contributed by atoms with Gasteiger partial charge in [-0.05, 0) is 13.8 Å². The minimum atomic E-state index is -0.818. The highest BCUT2D eigenvalue weighted by Crippen LogP contribution is 2.17. The SMILES string of the molecule is COC(=O)C(C)CSCCN1C(=O)NC(C)(C)C1=O. The topological polar surface area (TPSA) is 75.7 Å². The van der Waals surface area contributed by atoms with Crippen LogP contribution in [0.4, 0.5) is 4.79 Å². The molecular weight excluding hydrogens is 268 g/mol. The Morgan fingerprint density at radius 3 is 2.58 bits per heavy atom. The second kappa shape index (κ2) is 6.27. The third-order valence-electron chi connectivity index (χ3n) is 2.88. The predicted octanol–water partition coefficient (Wildman–Crippen LogP) is 0.859. The first-order valence-corrected chi connectivity index (χ1v) is 7.24. The molecule has 0 aromatic heterocycles. The highest BCUT2D eigenvalue weighted by atomic mass is 32.2. The van der Waals surface area contributed by atoms with Crippen molar-refractivity contribution in [2.24, 2.45) is 5.92 Å². The fourth-order valence-corrected chi connectivity index (χ4v) is 2.67. The largest absolute Gasteiger partial charge is 0.469 e. The van der Waals surface area contributed by atoms with Crippen LogP contribution in [0.15, 0.2) is 0 Å². The molecule has 7 heteroatoms. The second-order valence-corrected chi connectivity index (χ2v) is 6.16. The molecule has 1 aliphatic heterocycles. The fraction of sp³-hybridized carbons (Fsp3) is 0.750.